The molecule has 0 spiro atoms. The minimum Gasteiger partial charge on any atom is -0.338 e. The summed E-state index contributed by atoms with van der Waals surface area (Å²) < 4.78 is 28.0. The lowest BCUT2D eigenvalue weighted by atomic mass is 10.1. The van der Waals surface area contributed by atoms with Crippen LogP contribution in [0.2, 0.25) is 0 Å². The Morgan fingerprint density at radius 3 is 2.30 bits per heavy atom. The zero-order valence-electron chi connectivity index (χ0n) is 18.0. The number of hydrogen-bond donors (Lipinski definition) is 0. The monoisotopic (exact) mass is 451 g/mol. The molecule has 2 unspecified atom stereocenters. The van der Waals surface area contributed by atoms with Crippen molar-refractivity contribution in [3.8, 4) is 0 Å². The summed E-state index contributed by atoms with van der Waals surface area (Å²) >= 11 is 1.68. The molecule has 7 nitrogen and oxygen atoms in total. The zero-order chi connectivity index (χ0) is 21.8. The van der Waals surface area contributed by atoms with Gasteiger partial charge in [0.15, 0.2) is 0 Å². The molecule has 3 fully saturated rings. The van der Waals surface area contributed by atoms with Crippen molar-refractivity contribution in [1.29, 1.82) is 0 Å². The van der Waals surface area contributed by atoms with Gasteiger partial charge in [-0.15, -0.1) is 11.8 Å². The second-order valence-electron chi connectivity index (χ2n) is 8.72. The highest BCUT2D eigenvalue weighted by Gasteiger charge is 2.53. The van der Waals surface area contributed by atoms with Crippen LogP contribution in [0.25, 0.3) is 0 Å². The van der Waals surface area contributed by atoms with Crippen LogP contribution in [-0.2, 0) is 19.6 Å². The second-order valence-corrected chi connectivity index (χ2v) is 12.1. The van der Waals surface area contributed by atoms with Crippen LogP contribution in [0.5, 0.6) is 0 Å². The first-order valence-electron chi connectivity index (χ1n) is 10.4. The van der Waals surface area contributed by atoms with E-state index in [1.165, 1.54) is 4.31 Å². The van der Waals surface area contributed by atoms with Crippen LogP contribution in [0.1, 0.15) is 36.5 Å². The number of sulfonamides is 1. The maximum Gasteiger partial charge on any atom is 0.246 e. The van der Waals surface area contributed by atoms with Crippen LogP contribution >= 0.6 is 11.8 Å². The Hall–Kier alpha value is -1.58. The largest absolute Gasteiger partial charge is 0.338 e. The van der Waals surface area contributed by atoms with E-state index < -0.39 is 16.1 Å². The normalized spacial score (nSPS) is 27.6. The molecule has 3 aliphatic rings. The van der Waals surface area contributed by atoms with Gasteiger partial charge in [-0.25, -0.2) is 8.42 Å². The summed E-state index contributed by atoms with van der Waals surface area (Å²) in [5, 5.41) is 0. The zero-order valence-corrected chi connectivity index (χ0v) is 19.6. The Bertz CT molecular complexity index is 978. The summed E-state index contributed by atoms with van der Waals surface area (Å²) in [6.45, 7) is 8.88. The first-order valence-corrected chi connectivity index (χ1v) is 12.8. The van der Waals surface area contributed by atoms with Crippen molar-refractivity contribution in [1.82, 2.24) is 14.1 Å². The van der Waals surface area contributed by atoms with Crippen LogP contribution in [0.4, 0.5) is 0 Å². The number of carbonyl (C=O) groups is 2. The van der Waals surface area contributed by atoms with Gasteiger partial charge in [0.1, 0.15) is 6.04 Å². The molecular weight excluding hydrogens is 422 g/mol. The number of nitrogens with zero attached hydrogens (tertiary/aromatic N) is 3. The van der Waals surface area contributed by atoms with E-state index in [0.717, 1.165) is 23.1 Å². The van der Waals surface area contributed by atoms with Crippen LogP contribution in [0.15, 0.2) is 17.0 Å². The Labute approximate surface area is 182 Å². The molecule has 30 heavy (non-hydrogen) atoms. The molecule has 3 heterocycles. The molecule has 0 aliphatic carbocycles. The number of rotatable bonds is 3. The molecule has 0 N–H and O–H groups in total. The van der Waals surface area contributed by atoms with E-state index >= 15 is 0 Å². The predicted octanol–water partition coefficient (Wildman–Crippen LogP) is 1.90. The molecule has 9 heteroatoms. The van der Waals surface area contributed by atoms with Gasteiger partial charge in [0.25, 0.3) is 0 Å². The fourth-order valence-electron chi connectivity index (χ4n) is 5.07. The van der Waals surface area contributed by atoms with Crippen molar-refractivity contribution < 1.29 is 18.0 Å². The van der Waals surface area contributed by atoms with Crippen molar-refractivity contribution in [3.63, 3.8) is 0 Å². The van der Waals surface area contributed by atoms with Gasteiger partial charge in [-0.3, -0.25) is 9.59 Å². The lowest BCUT2D eigenvalue weighted by Crippen LogP contribution is -2.56. The Balaban J connectivity index is 1.47. The summed E-state index contributed by atoms with van der Waals surface area (Å²) in [5.74, 6) is 0.607. The van der Waals surface area contributed by atoms with Crippen molar-refractivity contribution in [2.75, 3.05) is 31.9 Å². The molecule has 3 aliphatic heterocycles. The maximum absolute atomic E-state index is 13.3. The number of amides is 2. The minimum atomic E-state index is -3.61. The summed E-state index contributed by atoms with van der Waals surface area (Å²) in [4.78, 5) is 29.1. The highest BCUT2D eigenvalue weighted by atomic mass is 32.2. The molecule has 0 radical (unpaired) electrons. The van der Waals surface area contributed by atoms with Gasteiger partial charge in [0.05, 0.1) is 9.77 Å². The number of piperazine rings is 1. The minimum absolute atomic E-state index is 0.0485. The van der Waals surface area contributed by atoms with E-state index in [0.29, 0.717) is 30.2 Å². The van der Waals surface area contributed by atoms with Gasteiger partial charge in [-0.2, -0.15) is 4.31 Å². The predicted molar refractivity (Wildman–Crippen MR) is 117 cm³/mol. The molecule has 1 aromatic rings. The van der Waals surface area contributed by atoms with Crippen LogP contribution < -0.4 is 0 Å². The van der Waals surface area contributed by atoms with Crippen LogP contribution in [-0.4, -0.2) is 77.2 Å². The lowest BCUT2D eigenvalue weighted by Gasteiger charge is -2.37. The molecule has 3 saturated heterocycles. The van der Waals surface area contributed by atoms with Gasteiger partial charge in [-0.05, 0) is 45.2 Å². The van der Waals surface area contributed by atoms with Crippen molar-refractivity contribution in [3.05, 3.63) is 28.8 Å². The highest BCUT2D eigenvalue weighted by molar-refractivity contribution is 8.01. The molecule has 0 bridgehead atoms. The SMILES string of the molecule is Cc1cc(C)c(S(=O)(=O)N2CCN(C(=O)C3CSC4(C)CCC(=O)N34)CC2)c(C)c1. The van der Waals surface area contributed by atoms with Crippen LogP contribution in [0.3, 0.4) is 0 Å². The van der Waals surface area contributed by atoms with E-state index in [2.05, 4.69) is 0 Å². The van der Waals surface area contributed by atoms with E-state index in [-0.39, 0.29) is 29.8 Å². The third kappa shape index (κ3) is 3.44. The molecule has 2 atom stereocenters. The smallest absolute Gasteiger partial charge is 0.246 e. The molecule has 0 aromatic heterocycles. The van der Waals surface area contributed by atoms with Gasteiger partial charge >= 0.3 is 0 Å². The molecule has 0 saturated carbocycles. The first-order chi connectivity index (χ1) is 14.0. The average molecular weight is 452 g/mol. The van der Waals surface area contributed by atoms with Gasteiger partial charge in [0.2, 0.25) is 21.8 Å². The van der Waals surface area contributed by atoms with Crippen molar-refractivity contribution >= 4 is 33.6 Å². The fourth-order valence-corrected chi connectivity index (χ4v) is 8.32. The average Bonchev–Trinajstić information content (AvgIpc) is 3.16. The molecule has 4 rings (SSSR count). The summed E-state index contributed by atoms with van der Waals surface area (Å²) in [6.07, 6.45) is 1.27. The molecular formula is C21H29N3O4S2. The number of hydrogen-bond acceptors (Lipinski definition) is 5. The van der Waals surface area contributed by atoms with Crippen LogP contribution in [0, 0.1) is 20.8 Å². The number of carbonyl (C=O) groups excluding carboxylic acids is 2. The third-order valence-corrected chi connectivity index (χ3v) is 10.2. The van der Waals surface area contributed by atoms with Gasteiger partial charge < -0.3 is 9.80 Å². The first kappa shape index (κ1) is 21.6. The second kappa shape index (κ2) is 7.53. The van der Waals surface area contributed by atoms with Gasteiger partial charge in [-0.1, -0.05) is 17.7 Å². The van der Waals surface area contributed by atoms with Gasteiger partial charge in [0, 0.05) is 38.4 Å². The van der Waals surface area contributed by atoms with E-state index in [4.69, 9.17) is 0 Å². The molecule has 164 valence electrons. The number of thioether (sulfide) groups is 1. The van der Waals surface area contributed by atoms with E-state index in [9.17, 15) is 18.0 Å². The third-order valence-electron chi connectivity index (χ3n) is 6.48. The Morgan fingerprint density at radius 1 is 1.10 bits per heavy atom. The molecule has 2 amide bonds. The standard InChI is InChI=1S/C21H29N3O4S2/c1-14-11-15(2)19(16(3)12-14)30(27,28)23-9-7-22(8-10-23)20(26)17-13-29-21(4)6-5-18(25)24(17)21/h11-12,17H,5-10,13H2,1-4H3. The Morgan fingerprint density at radius 2 is 1.70 bits per heavy atom. The molecule has 1 aromatic carbocycles. The highest BCUT2D eigenvalue weighted by Crippen LogP contribution is 2.47. The quantitative estimate of drug-likeness (QED) is 0.701. The Kier molecular flexibility index (Phi) is 5.43. The number of aryl methyl sites for hydroxylation is 3. The lowest BCUT2D eigenvalue weighted by molar-refractivity contribution is -0.144. The van der Waals surface area contributed by atoms with Crippen molar-refractivity contribution in [2.45, 2.75) is 56.3 Å². The topological polar surface area (TPSA) is 78.0 Å². The number of benzene rings is 1. The number of fused-ring (bicyclic) bond motifs is 1. The van der Waals surface area contributed by atoms with E-state index in [1.807, 2.05) is 39.8 Å². The summed E-state index contributed by atoms with van der Waals surface area (Å²) in [7, 11) is -3.61. The van der Waals surface area contributed by atoms with E-state index in [1.54, 1.807) is 21.6 Å². The fraction of sp³-hybridized carbons (Fsp3) is 0.619. The summed E-state index contributed by atoms with van der Waals surface area (Å²) in [6, 6.07) is 3.35. The van der Waals surface area contributed by atoms with Crippen molar-refractivity contribution in [2.24, 2.45) is 0 Å². The summed E-state index contributed by atoms with van der Waals surface area (Å²) in [5.41, 5.74) is 2.54. The maximum atomic E-state index is 13.3.